The fourth-order valence-corrected chi connectivity index (χ4v) is 5.53. The van der Waals surface area contributed by atoms with Crippen molar-refractivity contribution in [2.45, 2.75) is 48.7 Å². The summed E-state index contributed by atoms with van der Waals surface area (Å²) in [6.07, 6.45) is 4.90. The summed E-state index contributed by atoms with van der Waals surface area (Å²) in [5.74, 6) is 2.51. The summed E-state index contributed by atoms with van der Waals surface area (Å²) in [6, 6.07) is 0. The molecule has 0 radical (unpaired) electrons. The Morgan fingerprint density at radius 1 is 1.62 bits per heavy atom. The summed E-state index contributed by atoms with van der Waals surface area (Å²) in [5.41, 5.74) is 5.85. The predicted molar refractivity (Wildman–Crippen MR) is 74.4 cm³/mol. The molecule has 3 atom stereocenters. The van der Waals surface area contributed by atoms with Crippen molar-refractivity contribution in [3.8, 4) is 0 Å². The lowest BCUT2D eigenvalue weighted by atomic mass is 9.93. The second kappa shape index (κ2) is 5.98. The molecule has 0 amide bonds. The van der Waals surface area contributed by atoms with Gasteiger partial charge in [0, 0.05) is 22.9 Å². The van der Waals surface area contributed by atoms with Crippen LogP contribution < -0.4 is 5.73 Å². The van der Waals surface area contributed by atoms with Crippen LogP contribution in [0.4, 0.5) is 0 Å². The fourth-order valence-electron chi connectivity index (χ4n) is 2.59. The highest BCUT2D eigenvalue weighted by Gasteiger charge is 2.40. The average molecular weight is 261 g/mol. The molecule has 16 heavy (non-hydrogen) atoms. The lowest BCUT2D eigenvalue weighted by Gasteiger charge is -2.38. The Morgan fingerprint density at radius 3 is 3.19 bits per heavy atom. The molecule has 1 spiro atoms. The SMILES string of the molecule is CC(CCN)SC1CCOC2(CCSC2)C1. The van der Waals surface area contributed by atoms with Gasteiger partial charge in [-0.05, 0) is 38.0 Å². The molecule has 94 valence electrons. The van der Waals surface area contributed by atoms with Crippen molar-refractivity contribution in [1.82, 2.24) is 0 Å². The van der Waals surface area contributed by atoms with E-state index in [1.165, 1.54) is 30.8 Å². The van der Waals surface area contributed by atoms with Crippen molar-refractivity contribution in [3.63, 3.8) is 0 Å². The van der Waals surface area contributed by atoms with Gasteiger partial charge in [-0.15, -0.1) is 0 Å². The van der Waals surface area contributed by atoms with Gasteiger partial charge in [-0.2, -0.15) is 23.5 Å². The first-order valence-corrected chi connectivity index (χ1v) is 8.41. The normalized spacial score (nSPS) is 36.8. The molecule has 3 unspecified atom stereocenters. The number of ether oxygens (including phenoxy) is 1. The summed E-state index contributed by atoms with van der Waals surface area (Å²) in [5, 5.41) is 1.51. The summed E-state index contributed by atoms with van der Waals surface area (Å²) in [6.45, 7) is 4.09. The third-order valence-electron chi connectivity index (χ3n) is 3.51. The molecule has 2 fully saturated rings. The maximum Gasteiger partial charge on any atom is 0.0790 e. The molecular weight excluding hydrogens is 238 g/mol. The number of hydrogen-bond donors (Lipinski definition) is 1. The lowest BCUT2D eigenvalue weighted by Crippen LogP contribution is -2.41. The predicted octanol–water partition coefficient (Wildman–Crippen LogP) is 2.51. The molecule has 2 aliphatic rings. The van der Waals surface area contributed by atoms with Crippen LogP contribution in [0.5, 0.6) is 0 Å². The number of nitrogens with two attached hydrogens (primary N) is 1. The number of hydrogen-bond acceptors (Lipinski definition) is 4. The van der Waals surface area contributed by atoms with E-state index in [4.69, 9.17) is 10.5 Å². The van der Waals surface area contributed by atoms with Gasteiger partial charge in [-0.25, -0.2) is 0 Å². The Bertz CT molecular complexity index is 219. The zero-order valence-electron chi connectivity index (χ0n) is 10.1. The third-order valence-corrected chi connectivity index (χ3v) is 6.22. The van der Waals surface area contributed by atoms with Gasteiger partial charge in [-0.3, -0.25) is 0 Å². The van der Waals surface area contributed by atoms with Crippen LogP contribution in [-0.2, 0) is 4.74 Å². The minimum absolute atomic E-state index is 0.239. The fraction of sp³-hybridized carbons (Fsp3) is 1.00. The van der Waals surface area contributed by atoms with Crippen LogP contribution in [0.3, 0.4) is 0 Å². The second-order valence-corrected chi connectivity index (χ2v) is 7.82. The lowest BCUT2D eigenvalue weighted by molar-refractivity contribution is -0.0562. The van der Waals surface area contributed by atoms with Crippen molar-refractivity contribution >= 4 is 23.5 Å². The molecule has 2 aliphatic heterocycles. The Labute approximate surface area is 107 Å². The molecule has 4 heteroatoms. The summed E-state index contributed by atoms with van der Waals surface area (Å²) < 4.78 is 6.04. The maximum absolute atomic E-state index is 6.04. The van der Waals surface area contributed by atoms with Crippen LogP contribution in [0.1, 0.15) is 32.6 Å². The Morgan fingerprint density at radius 2 is 2.50 bits per heavy atom. The van der Waals surface area contributed by atoms with Crippen LogP contribution in [0.25, 0.3) is 0 Å². The molecular formula is C12H23NOS2. The largest absolute Gasteiger partial charge is 0.374 e. The van der Waals surface area contributed by atoms with Gasteiger partial charge >= 0.3 is 0 Å². The van der Waals surface area contributed by atoms with Crippen molar-refractivity contribution in [1.29, 1.82) is 0 Å². The van der Waals surface area contributed by atoms with E-state index in [1.54, 1.807) is 0 Å². The average Bonchev–Trinajstić information content (AvgIpc) is 2.66. The molecule has 2 N–H and O–H groups in total. The zero-order valence-corrected chi connectivity index (χ0v) is 11.7. The summed E-state index contributed by atoms with van der Waals surface area (Å²) in [4.78, 5) is 0. The first-order valence-electron chi connectivity index (χ1n) is 6.31. The Kier molecular flexibility index (Phi) is 4.89. The van der Waals surface area contributed by atoms with Gasteiger partial charge in [-0.1, -0.05) is 6.92 Å². The van der Waals surface area contributed by atoms with Crippen LogP contribution in [0.2, 0.25) is 0 Å². The van der Waals surface area contributed by atoms with Crippen molar-refractivity contribution in [2.75, 3.05) is 24.7 Å². The molecule has 0 saturated carbocycles. The Hall–Kier alpha value is 0.620. The van der Waals surface area contributed by atoms with E-state index in [2.05, 4.69) is 30.4 Å². The van der Waals surface area contributed by atoms with Crippen molar-refractivity contribution < 1.29 is 4.74 Å². The molecule has 0 aliphatic carbocycles. The topological polar surface area (TPSA) is 35.2 Å². The van der Waals surface area contributed by atoms with Crippen molar-refractivity contribution in [2.24, 2.45) is 5.73 Å². The minimum atomic E-state index is 0.239. The number of thioether (sulfide) groups is 2. The molecule has 2 nitrogen and oxygen atoms in total. The highest BCUT2D eigenvalue weighted by Crippen LogP contribution is 2.42. The smallest absolute Gasteiger partial charge is 0.0790 e. The van der Waals surface area contributed by atoms with Crippen LogP contribution in [0, 0.1) is 0 Å². The highest BCUT2D eigenvalue weighted by molar-refractivity contribution is 8.00. The number of rotatable bonds is 4. The first kappa shape index (κ1) is 13.1. The second-order valence-electron chi connectivity index (χ2n) is 4.97. The molecule has 2 heterocycles. The van der Waals surface area contributed by atoms with E-state index >= 15 is 0 Å². The molecule has 0 aromatic heterocycles. The van der Waals surface area contributed by atoms with E-state index in [0.29, 0.717) is 5.25 Å². The monoisotopic (exact) mass is 261 g/mol. The molecule has 2 saturated heterocycles. The Balaban J connectivity index is 1.82. The van der Waals surface area contributed by atoms with E-state index in [9.17, 15) is 0 Å². The minimum Gasteiger partial charge on any atom is -0.374 e. The van der Waals surface area contributed by atoms with Gasteiger partial charge in [0.1, 0.15) is 0 Å². The van der Waals surface area contributed by atoms with Gasteiger partial charge in [0.05, 0.1) is 5.60 Å². The van der Waals surface area contributed by atoms with E-state index < -0.39 is 0 Å². The van der Waals surface area contributed by atoms with Gasteiger partial charge < -0.3 is 10.5 Å². The third kappa shape index (κ3) is 3.31. The van der Waals surface area contributed by atoms with Crippen LogP contribution in [0.15, 0.2) is 0 Å². The van der Waals surface area contributed by atoms with E-state index in [-0.39, 0.29) is 5.60 Å². The van der Waals surface area contributed by atoms with Crippen molar-refractivity contribution in [3.05, 3.63) is 0 Å². The van der Waals surface area contributed by atoms with E-state index in [1.807, 2.05) is 0 Å². The highest BCUT2D eigenvalue weighted by atomic mass is 32.2. The van der Waals surface area contributed by atoms with Gasteiger partial charge in [0.25, 0.3) is 0 Å². The summed E-state index contributed by atoms with van der Waals surface area (Å²) in [7, 11) is 0. The maximum atomic E-state index is 6.04. The summed E-state index contributed by atoms with van der Waals surface area (Å²) >= 11 is 4.19. The zero-order chi connectivity index (χ0) is 11.4. The molecule has 0 aromatic carbocycles. The van der Waals surface area contributed by atoms with Crippen LogP contribution in [-0.4, -0.2) is 40.8 Å². The first-order chi connectivity index (χ1) is 7.74. The molecule has 2 rings (SSSR count). The van der Waals surface area contributed by atoms with Gasteiger partial charge in [0.2, 0.25) is 0 Å². The van der Waals surface area contributed by atoms with Gasteiger partial charge in [0.15, 0.2) is 0 Å². The van der Waals surface area contributed by atoms with E-state index in [0.717, 1.165) is 24.8 Å². The molecule has 0 bridgehead atoms. The van der Waals surface area contributed by atoms with Crippen LogP contribution >= 0.6 is 23.5 Å². The molecule has 0 aromatic rings. The quantitative estimate of drug-likeness (QED) is 0.843. The standard InChI is InChI=1S/C12H23NOS2/c1-10(2-5-13)16-11-3-6-14-12(8-11)4-7-15-9-12/h10-11H,2-9,13H2,1H3.